The van der Waals surface area contributed by atoms with Crippen LogP contribution in [-0.4, -0.2) is 25.8 Å². The molecule has 0 aliphatic rings. The van der Waals surface area contributed by atoms with E-state index >= 15 is 0 Å². The first-order chi connectivity index (χ1) is 11.6. The number of amides is 1. The van der Waals surface area contributed by atoms with Crippen molar-refractivity contribution in [1.82, 2.24) is 14.8 Å². The Morgan fingerprint density at radius 1 is 1.21 bits per heavy atom. The molecule has 0 unspecified atom stereocenters. The van der Waals surface area contributed by atoms with Crippen LogP contribution in [0, 0.1) is 0 Å². The summed E-state index contributed by atoms with van der Waals surface area (Å²) in [6, 6.07) is 14.7. The Bertz CT molecular complexity index is 816. The van der Waals surface area contributed by atoms with Gasteiger partial charge in [-0.1, -0.05) is 36.4 Å². The van der Waals surface area contributed by atoms with Crippen LogP contribution in [0.2, 0.25) is 0 Å². The lowest BCUT2D eigenvalue weighted by Crippen LogP contribution is -2.24. The van der Waals surface area contributed by atoms with Crippen molar-refractivity contribution in [1.29, 1.82) is 0 Å². The van der Waals surface area contributed by atoms with Crippen LogP contribution in [0.15, 0.2) is 61.2 Å². The number of hydrogen-bond donors (Lipinski definition) is 2. The second kappa shape index (κ2) is 6.95. The molecule has 0 radical (unpaired) electrons. The van der Waals surface area contributed by atoms with Crippen molar-refractivity contribution in [3.63, 3.8) is 0 Å². The van der Waals surface area contributed by atoms with E-state index in [1.807, 2.05) is 36.4 Å². The molecule has 0 fully saturated rings. The summed E-state index contributed by atoms with van der Waals surface area (Å²) < 4.78 is 1.46. The van der Waals surface area contributed by atoms with Crippen LogP contribution < -0.4 is 5.32 Å². The largest absolute Gasteiger partial charge is 0.506 e. The number of carbonyl (C=O) groups is 1. The zero-order chi connectivity index (χ0) is 16.9. The minimum absolute atomic E-state index is 0.0333. The van der Waals surface area contributed by atoms with Gasteiger partial charge >= 0.3 is 0 Å². The number of rotatable bonds is 5. The lowest BCUT2D eigenvalue weighted by Gasteiger charge is -2.14. The third-order valence-electron chi connectivity index (χ3n) is 3.78. The molecule has 6 heteroatoms. The number of aromatic hydroxyl groups is 1. The number of aromatic nitrogens is 3. The number of phenols is 1. The van der Waals surface area contributed by atoms with Crippen molar-refractivity contribution in [3.8, 4) is 5.75 Å². The van der Waals surface area contributed by atoms with E-state index in [0.717, 1.165) is 17.5 Å². The summed E-state index contributed by atoms with van der Waals surface area (Å²) in [6.07, 6.45) is 3.58. The van der Waals surface area contributed by atoms with E-state index in [9.17, 15) is 9.90 Å². The van der Waals surface area contributed by atoms with Crippen molar-refractivity contribution in [2.45, 2.75) is 19.4 Å². The van der Waals surface area contributed by atoms with Crippen LogP contribution >= 0.6 is 0 Å². The number of carbonyl (C=O) groups excluding carboxylic acids is 1. The lowest BCUT2D eigenvalue weighted by atomic mass is 10.0. The van der Waals surface area contributed by atoms with E-state index in [0.29, 0.717) is 5.69 Å². The molecule has 1 aromatic heterocycles. The van der Waals surface area contributed by atoms with Crippen LogP contribution in [0.4, 0.5) is 5.69 Å². The van der Waals surface area contributed by atoms with Gasteiger partial charge in [-0.05, 0) is 36.6 Å². The fourth-order valence-corrected chi connectivity index (χ4v) is 2.40. The molecule has 3 aromatic rings. The fourth-order valence-electron chi connectivity index (χ4n) is 2.40. The van der Waals surface area contributed by atoms with E-state index in [1.165, 1.54) is 17.3 Å². The molecule has 0 bridgehead atoms. The molecule has 3 rings (SSSR count). The Morgan fingerprint density at radius 3 is 2.71 bits per heavy atom. The second-order valence-electron chi connectivity index (χ2n) is 5.55. The zero-order valence-electron chi connectivity index (χ0n) is 13.3. The minimum Gasteiger partial charge on any atom is -0.506 e. The maximum Gasteiger partial charge on any atom is 0.249 e. The van der Waals surface area contributed by atoms with Crippen LogP contribution in [0.5, 0.6) is 5.75 Å². The van der Waals surface area contributed by atoms with Crippen LogP contribution in [-0.2, 0) is 11.2 Å². The van der Waals surface area contributed by atoms with Crippen molar-refractivity contribution in [3.05, 3.63) is 72.3 Å². The van der Waals surface area contributed by atoms with Gasteiger partial charge in [0.2, 0.25) is 5.91 Å². The number of anilines is 1. The SMILES string of the molecule is C[C@H](C(=O)Nc1cc(Cc2ccccc2)ccc1O)n1cncn1. The Balaban J connectivity index is 1.75. The molecule has 1 heterocycles. The fraction of sp³-hybridized carbons (Fsp3) is 0.167. The van der Waals surface area contributed by atoms with Gasteiger partial charge in [0.1, 0.15) is 24.4 Å². The molecular formula is C18H18N4O2. The van der Waals surface area contributed by atoms with Gasteiger partial charge in [-0.15, -0.1) is 0 Å². The van der Waals surface area contributed by atoms with Gasteiger partial charge in [0.05, 0.1) is 5.69 Å². The molecule has 0 aliphatic heterocycles. The number of phenolic OH excluding ortho intramolecular Hbond substituents is 1. The molecule has 2 N–H and O–H groups in total. The summed E-state index contributed by atoms with van der Waals surface area (Å²) in [6.45, 7) is 1.72. The van der Waals surface area contributed by atoms with E-state index in [4.69, 9.17) is 0 Å². The first-order valence-electron chi connectivity index (χ1n) is 7.64. The highest BCUT2D eigenvalue weighted by Crippen LogP contribution is 2.26. The van der Waals surface area contributed by atoms with Crippen molar-refractivity contribution < 1.29 is 9.90 Å². The first-order valence-corrected chi connectivity index (χ1v) is 7.64. The van der Waals surface area contributed by atoms with Gasteiger partial charge in [0.15, 0.2) is 0 Å². The highest BCUT2D eigenvalue weighted by molar-refractivity contribution is 5.94. The van der Waals surface area contributed by atoms with Crippen molar-refractivity contribution in [2.75, 3.05) is 5.32 Å². The quantitative estimate of drug-likeness (QED) is 0.708. The van der Waals surface area contributed by atoms with E-state index in [2.05, 4.69) is 15.4 Å². The molecule has 122 valence electrons. The van der Waals surface area contributed by atoms with Gasteiger partial charge < -0.3 is 10.4 Å². The number of hydrogen-bond acceptors (Lipinski definition) is 4. The maximum absolute atomic E-state index is 12.3. The molecular weight excluding hydrogens is 304 g/mol. The van der Waals surface area contributed by atoms with E-state index in [-0.39, 0.29) is 11.7 Å². The van der Waals surface area contributed by atoms with Gasteiger partial charge in [-0.25, -0.2) is 9.67 Å². The summed E-state index contributed by atoms with van der Waals surface area (Å²) in [5, 5.41) is 16.7. The third kappa shape index (κ3) is 3.60. The van der Waals surface area contributed by atoms with Gasteiger partial charge in [-0.2, -0.15) is 5.10 Å². The topological polar surface area (TPSA) is 80.0 Å². The third-order valence-corrected chi connectivity index (χ3v) is 3.78. The lowest BCUT2D eigenvalue weighted by molar-refractivity contribution is -0.119. The molecule has 24 heavy (non-hydrogen) atoms. The highest BCUT2D eigenvalue weighted by Gasteiger charge is 2.17. The monoisotopic (exact) mass is 322 g/mol. The van der Waals surface area contributed by atoms with Crippen molar-refractivity contribution >= 4 is 11.6 Å². The molecule has 2 aromatic carbocycles. The van der Waals surface area contributed by atoms with E-state index in [1.54, 1.807) is 19.1 Å². The van der Waals surface area contributed by atoms with Gasteiger partial charge in [0, 0.05) is 0 Å². The Morgan fingerprint density at radius 2 is 2.00 bits per heavy atom. The van der Waals surface area contributed by atoms with Crippen LogP contribution in [0.3, 0.4) is 0 Å². The maximum atomic E-state index is 12.3. The molecule has 0 saturated heterocycles. The Kier molecular flexibility index (Phi) is 4.56. The van der Waals surface area contributed by atoms with Crippen molar-refractivity contribution in [2.24, 2.45) is 0 Å². The average Bonchev–Trinajstić information content (AvgIpc) is 3.12. The molecule has 1 atom stereocenters. The summed E-state index contributed by atoms with van der Waals surface area (Å²) in [4.78, 5) is 16.2. The molecule has 1 amide bonds. The van der Waals surface area contributed by atoms with Crippen LogP contribution in [0.25, 0.3) is 0 Å². The highest BCUT2D eigenvalue weighted by atomic mass is 16.3. The van der Waals surface area contributed by atoms with Crippen LogP contribution in [0.1, 0.15) is 24.1 Å². The molecule has 0 aliphatic carbocycles. The smallest absolute Gasteiger partial charge is 0.249 e. The number of benzene rings is 2. The Labute approximate surface area is 139 Å². The molecule has 0 spiro atoms. The van der Waals surface area contributed by atoms with E-state index < -0.39 is 6.04 Å². The summed E-state index contributed by atoms with van der Waals surface area (Å²) in [5.74, 6) is -0.237. The van der Waals surface area contributed by atoms with Gasteiger partial charge in [0.25, 0.3) is 0 Å². The zero-order valence-corrected chi connectivity index (χ0v) is 13.3. The summed E-state index contributed by atoms with van der Waals surface area (Å²) >= 11 is 0. The average molecular weight is 322 g/mol. The summed E-state index contributed by atoms with van der Waals surface area (Å²) in [5.41, 5.74) is 2.56. The predicted octanol–water partition coefficient (Wildman–Crippen LogP) is 2.77. The molecule has 6 nitrogen and oxygen atoms in total. The molecule has 0 saturated carbocycles. The van der Waals surface area contributed by atoms with Gasteiger partial charge in [-0.3, -0.25) is 4.79 Å². The number of nitrogens with zero attached hydrogens (tertiary/aromatic N) is 3. The second-order valence-corrected chi connectivity index (χ2v) is 5.55. The predicted molar refractivity (Wildman–Crippen MR) is 90.7 cm³/mol. The first kappa shape index (κ1) is 15.7. The minimum atomic E-state index is -0.523. The number of nitrogens with one attached hydrogen (secondary N) is 1. The summed E-state index contributed by atoms with van der Waals surface area (Å²) in [7, 11) is 0. The Hall–Kier alpha value is -3.15. The standard InChI is InChI=1S/C18H18N4O2/c1-13(22-12-19-11-20-22)18(24)21-16-10-15(7-8-17(16)23)9-14-5-3-2-4-6-14/h2-8,10-13,23H,9H2,1H3,(H,21,24)/t13-/m1/s1. The normalized spacial score (nSPS) is 11.9.